The number of benzene rings is 1. The number of nitrogens with one attached hydrogen (secondary N) is 2. The first-order chi connectivity index (χ1) is 11.6. The van der Waals surface area contributed by atoms with E-state index in [9.17, 15) is 0 Å². The summed E-state index contributed by atoms with van der Waals surface area (Å²) < 4.78 is 16.5. The summed E-state index contributed by atoms with van der Waals surface area (Å²) in [6, 6.07) is 5.69. The molecular weight excluding hydrogens is 433 g/mol. The average molecular weight is 465 g/mol. The second kappa shape index (κ2) is 14.0. The fourth-order valence-corrected chi connectivity index (χ4v) is 2.00. The smallest absolute Gasteiger partial charge is 0.195 e. The van der Waals surface area contributed by atoms with Crippen LogP contribution in [0.15, 0.2) is 23.2 Å². The lowest BCUT2D eigenvalue weighted by Gasteiger charge is -2.15. The molecule has 6 nitrogen and oxygen atoms in total. The number of aliphatic imine (C=N–C) groups is 1. The van der Waals surface area contributed by atoms with Gasteiger partial charge >= 0.3 is 0 Å². The quantitative estimate of drug-likeness (QED) is 0.239. The second-order valence-corrected chi connectivity index (χ2v) is 5.72. The normalized spacial score (nSPS) is 11.0. The Kier molecular flexibility index (Phi) is 13.3. The summed E-state index contributed by atoms with van der Waals surface area (Å²) in [5.74, 6) is 2.78. The Morgan fingerprint density at radius 1 is 1.20 bits per heavy atom. The number of rotatable bonds is 10. The Balaban J connectivity index is 0.00000576. The van der Waals surface area contributed by atoms with E-state index in [2.05, 4.69) is 29.5 Å². The number of hydrogen-bond acceptors (Lipinski definition) is 4. The fraction of sp³-hybridized carbons (Fsp3) is 0.611. The zero-order chi connectivity index (χ0) is 17.8. The molecule has 0 radical (unpaired) electrons. The Labute approximate surface area is 168 Å². The van der Waals surface area contributed by atoms with Crippen molar-refractivity contribution in [3.8, 4) is 11.5 Å². The summed E-state index contributed by atoms with van der Waals surface area (Å²) in [5.41, 5.74) is 0.882. The van der Waals surface area contributed by atoms with Gasteiger partial charge in [0.2, 0.25) is 0 Å². The van der Waals surface area contributed by atoms with E-state index in [0.29, 0.717) is 43.1 Å². The van der Waals surface area contributed by atoms with Gasteiger partial charge in [-0.2, -0.15) is 0 Å². The van der Waals surface area contributed by atoms with Crippen molar-refractivity contribution in [1.82, 2.24) is 5.32 Å². The van der Waals surface area contributed by atoms with Crippen molar-refractivity contribution in [1.29, 1.82) is 0 Å². The van der Waals surface area contributed by atoms with Gasteiger partial charge in [0.1, 0.15) is 0 Å². The van der Waals surface area contributed by atoms with Crippen molar-refractivity contribution in [3.05, 3.63) is 18.2 Å². The van der Waals surface area contributed by atoms with E-state index in [0.717, 1.165) is 18.7 Å². The third kappa shape index (κ3) is 9.74. The number of halogens is 1. The summed E-state index contributed by atoms with van der Waals surface area (Å²) in [6.07, 6.45) is 1.08. The van der Waals surface area contributed by atoms with Crippen molar-refractivity contribution in [2.24, 2.45) is 10.9 Å². The molecule has 0 spiro atoms. The van der Waals surface area contributed by atoms with Gasteiger partial charge < -0.3 is 24.8 Å². The Bertz CT molecular complexity index is 510. The van der Waals surface area contributed by atoms with E-state index in [1.807, 2.05) is 25.1 Å². The lowest BCUT2D eigenvalue weighted by atomic mass is 10.1. The van der Waals surface area contributed by atoms with Gasteiger partial charge in [-0.05, 0) is 31.4 Å². The largest absolute Gasteiger partial charge is 0.493 e. The van der Waals surface area contributed by atoms with Crippen LogP contribution in [0, 0.1) is 5.92 Å². The summed E-state index contributed by atoms with van der Waals surface area (Å²) in [6.45, 7) is 9.06. The Hall–Kier alpha value is -1.22. The zero-order valence-electron chi connectivity index (χ0n) is 15.9. The Morgan fingerprint density at radius 3 is 2.56 bits per heavy atom. The molecule has 0 aliphatic heterocycles. The van der Waals surface area contributed by atoms with Gasteiger partial charge in [-0.15, -0.1) is 24.0 Å². The molecule has 1 rings (SSSR count). The molecule has 0 atom stereocenters. The predicted octanol–water partition coefficient (Wildman–Crippen LogP) is 3.76. The van der Waals surface area contributed by atoms with Gasteiger partial charge in [0, 0.05) is 32.0 Å². The molecule has 0 aliphatic carbocycles. The third-order valence-corrected chi connectivity index (χ3v) is 3.33. The van der Waals surface area contributed by atoms with Crippen LogP contribution < -0.4 is 20.1 Å². The van der Waals surface area contributed by atoms with Crippen molar-refractivity contribution in [2.45, 2.75) is 27.2 Å². The summed E-state index contributed by atoms with van der Waals surface area (Å²) >= 11 is 0. The van der Waals surface area contributed by atoms with Gasteiger partial charge in [-0.25, -0.2) is 0 Å². The van der Waals surface area contributed by atoms with E-state index in [1.165, 1.54) is 0 Å². The van der Waals surface area contributed by atoms with Crippen LogP contribution in [0.5, 0.6) is 11.5 Å². The van der Waals surface area contributed by atoms with Crippen molar-refractivity contribution >= 4 is 35.6 Å². The highest BCUT2D eigenvalue weighted by molar-refractivity contribution is 14.0. The Morgan fingerprint density at radius 2 is 1.96 bits per heavy atom. The lowest BCUT2D eigenvalue weighted by Crippen LogP contribution is -2.33. The molecule has 0 aromatic heterocycles. The molecule has 0 heterocycles. The maximum absolute atomic E-state index is 5.59. The highest BCUT2D eigenvalue weighted by Crippen LogP contribution is 2.30. The van der Waals surface area contributed by atoms with Gasteiger partial charge in [-0.3, -0.25) is 4.99 Å². The first-order valence-corrected chi connectivity index (χ1v) is 8.46. The van der Waals surface area contributed by atoms with Crippen molar-refractivity contribution < 1.29 is 14.2 Å². The maximum atomic E-state index is 5.59. The second-order valence-electron chi connectivity index (χ2n) is 5.72. The predicted molar refractivity (Wildman–Crippen MR) is 115 cm³/mol. The topological polar surface area (TPSA) is 64.1 Å². The van der Waals surface area contributed by atoms with Gasteiger partial charge in [-0.1, -0.05) is 13.8 Å². The van der Waals surface area contributed by atoms with Crippen LogP contribution in [-0.2, 0) is 4.74 Å². The molecule has 0 bridgehead atoms. The molecule has 0 saturated heterocycles. The molecule has 25 heavy (non-hydrogen) atoms. The van der Waals surface area contributed by atoms with E-state index in [1.54, 1.807) is 14.2 Å². The van der Waals surface area contributed by atoms with Gasteiger partial charge in [0.05, 0.1) is 20.3 Å². The standard InChI is InChI=1S/C18H31N3O3.HI/c1-6-24-17-13-15(7-8-16(17)22-5)21-18(19-4)20-10-12-23-11-9-14(2)3;/h7-8,13-14H,6,9-12H2,1-5H3,(H2,19,20,21);1H. The van der Waals surface area contributed by atoms with Crippen LogP contribution >= 0.6 is 24.0 Å². The first-order valence-electron chi connectivity index (χ1n) is 8.46. The van der Waals surface area contributed by atoms with Crippen LogP contribution in [0.1, 0.15) is 27.2 Å². The molecule has 1 aromatic carbocycles. The molecule has 0 fully saturated rings. The van der Waals surface area contributed by atoms with Crippen LogP contribution in [0.4, 0.5) is 5.69 Å². The molecule has 0 amide bonds. The molecule has 0 aliphatic rings. The van der Waals surface area contributed by atoms with Crippen LogP contribution in [-0.4, -0.2) is 46.5 Å². The number of hydrogen-bond donors (Lipinski definition) is 2. The molecular formula is C18H32IN3O3. The van der Waals surface area contributed by atoms with Crippen molar-refractivity contribution in [2.75, 3.05) is 45.8 Å². The van der Waals surface area contributed by atoms with Crippen molar-refractivity contribution in [3.63, 3.8) is 0 Å². The number of methoxy groups -OCH3 is 1. The van der Waals surface area contributed by atoms with Gasteiger partial charge in [0.15, 0.2) is 17.5 Å². The van der Waals surface area contributed by atoms with E-state index < -0.39 is 0 Å². The number of ether oxygens (including phenoxy) is 3. The summed E-state index contributed by atoms with van der Waals surface area (Å²) in [4.78, 5) is 4.21. The highest BCUT2D eigenvalue weighted by atomic mass is 127. The number of nitrogens with zero attached hydrogens (tertiary/aromatic N) is 1. The van der Waals surface area contributed by atoms with Crippen LogP contribution in [0.3, 0.4) is 0 Å². The van der Waals surface area contributed by atoms with Gasteiger partial charge in [0.25, 0.3) is 0 Å². The fourth-order valence-electron chi connectivity index (χ4n) is 2.00. The SMILES string of the molecule is CCOc1cc(NC(=NC)NCCOCCC(C)C)ccc1OC.I. The zero-order valence-corrected chi connectivity index (χ0v) is 18.3. The van der Waals surface area contributed by atoms with E-state index >= 15 is 0 Å². The minimum atomic E-state index is 0. The number of guanidine groups is 1. The summed E-state index contributed by atoms with van der Waals surface area (Å²) in [7, 11) is 3.37. The molecule has 2 N–H and O–H groups in total. The lowest BCUT2D eigenvalue weighted by molar-refractivity contribution is 0.128. The van der Waals surface area contributed by atoms with Crippen LogP contribution in [0.25, 0.3) is 0 Å². The monoisotopic (exact) mass is 465 g/mol. The molecule has 1 aromatic rings. The highest BCUT2D eigenvalue weighted by Gasteiger charge is 2.06. The van der Waals surface area contributed by atoms with Crippen LogP contribution in [0.2, 0.25) is 0 Å². The molecule has 0 saturated carbocycles. The van der Waals surface area contributed by atoms with E-state index in [4.69, 9.17) is 14.2 Å². The molecule has 144 valence electrons. The number of anilines is 1. The third-order valence-electron chi connectivity index (χ3n) is 3.33. The minimum absolute atomic E-state index is 0. The average Bonchev–Trinajstić information content (AvgIpc) is 2.57. The molecule has 7 heteroatoms. The van der Waals surface area contributed by atoms with E-state index in [-0.39, 0.29) is 24.0 Å². The first kappa shape index (κ1) is 23.8. The summed E-state index contributed by atoms with van der Waals surface area (Å²) in [5, 5.41) is 6.46. The molecule has 0 unspecified atom stereocenters. The maximum Gasteiger partial charge on any atom is 0.195 e. The minimum Gasteiger partial charge on any atom is -0.493 e.